The quantitative estimate of drug-likeness (QED) is 0.636. The average Bonchev–Trinajstić information content (AvgIpc) is 3.26. The first-order valence-electron chi connectivity index (χ1n) is 11.8. The number of carbonyl (C=O) groups is 2. The number of hydrogen-bond donors (Lipinski definition) is 3. The Morgan fingerprint density at radius 1 is 1.19 bits per heavy atom. The Morgan fingerprint density at radius 3 is 2.81 bits per heavy atom. The van der Waals surface area contributed by atoms with Crippen LogP contribution in [-0.2, 0) is 16.1 Å². The van der Waals surface area contributed by atoms with Gasteiger partial charge in [-0.2, -0.15) is 0 Å². The second kappa shape index (κ2) is 10.3. The van der Waals surface area contributed by atoms with Gasteiger partial charge in [0.15, 0.2) is 0 Å². The summed E-state index contributed by atoms with van der Waals surface area (Å²) < 4.78 is 0. The fourth-order valence-corrected chi connectivity index (χ4v) is 5.06. The van der Waals surface area contributed by atoms with E-state index >= 15 is 0 Å². The number of nitrogens with one attached hydrogen (secondary N) is 3. The molecule has 3 N–H and O–H groups in total. The van der Waals surface area contributed by atoms with E-state index in [4.69, 9.17) is 0 Å². The molecule has 2 aromatic rings. The lowest BCUT2D eigenvalue weighted by Crippen LogP contribution is -2.54. The lowest BCUT2D eigenvalue weighted by atomic mass is 9.84. The maximum Gasteiger partial charge on any atom is 0.242 e. The number of amides is 2. The zero-order valence-electron chi connectivity index (χ0n) is 18.5. The predicted molar refractivity (Wildman–Crippen MR) is 121 cm³/mol. The van der Waals surface area contributed by atoms with Gasteiger partial charge >= 0.3 is 0 Å². The lowest BCUT2D eigenvalue weighted by molar-refractivity contribution is -0.133. The normalized spacial score (nSPS) is 21.6. The molecule has 1 aliphatic heterocycles. The Kier molecular flexibility index (Phi) is 7.22. The minimum Gasteiger partial charge on any atom is -0.350 e. The van der Waals surface area contributed by atoms with E-state index in [-0.39, 0.29) is 17.9 Å². The molecule has 2 fully saturated rings. The van der Waals surface area contributed by atoms with Crippen molar-refractivity contribution in [2.75, 3.05) is 13.6 Å². The number of hydrogen-bond acceptors (Lipinski definition) is 4. The summed E-state index contributed by atoms with van der Waals surface area (Å²) in [4.78, 5) is 35.7. The molecule has 7 nitrogen and oxygen atoms in total. The Labute approximate surface area is 184 Å². The molecular weight excluding hydrogens is 390 g/mol. The van der Waals surface area contributed by atoms with Gasteiger partial charge in [0.25, 0.3) is 0 Å². The molecule has 168 valence electrons. The molecule has 0 aromatic carbocycles. The minimum absolute atomic E-state index is 0.00596. The Hall–Kier alpha value is -2.41. The fraction of sp³-hybridized carbons (Fsp3) is 0.625. The zero-order valence-corrected chi connectivity index (χ0v) is 18.5. The summed E-state index contributed by atoms with van der Waals surface area (Å²) in [6.07, 6.45) is 13.5. The first-order valence-corrected chi connectivity index (χ1v) is 11.8. The molecule has 7 heteroatoms. The number of aromatic amines is 1. The van der Waals surface area contributed by atoms with Crippen molar-refractivity contribution in [3.8, 4) is 0 Å². The van der Waals surface area contributed by atoms with Crippen LogP contribution in [0.1, 0.15) is 63.4 Å². The number of nitrogens with zero attached hydrogens (tertiary/aromatic N) is 2. The Morgan fingerprint density at radius 2 is 2.00 bits per heavy atom. The van der Waals surface area contributed by atoms with Crippen LogP contribution in [0, 0.1) is 5.92 Å². The van der Waals surface area contributed by atoms with E-state index in [1.807, 2.05) is 25.4 Å². The van der Waals surface area contributed by atoms with Crippen molar-refractivity contribution in [3.63, 3.8) is 0 Å². The number of pyridine rings is 1. The molecule has 2 aliphatic rings. The van der Waals surface area contributed by atoms with Crippen molar-refractivity contribution in [1.29, 1.82) is 0 Å². The molecule has 1 saturated carbocycles. The molecule has 0 spiro atoms. The third-order valence-electron chi connectivity index (χ3n) is 6.92. The Bertz CT molecular complexity index is 889. The van der Waals surface area contributed by atoms with Crippen LogP contribution >= 0.6 is 0 Å². The van der Waals surface area contributed by atoms with Crippen molar-refractivity contribution in [3.05, 3.63) is 30.1 Å². The van der Waals surface area contributed by atoms with E-state index in [0.717, 1.165) is 61.7 Å². The van der Waals surface area contributed by atoms with Gasteiger partial charge in [-0.05, 0) is 56.5 Å². The van der Waals surface area contributed by atoms with E-state index in [0.29, 0.717) is 12.5 Å². The van der Waals surface area contributed by atoms with Gasteiger partial charge in [0, 0.05) is 24.3 Å². The number of piperidine rings is 1. The molecule has 0 radical (unpaired) electrons. The van der Waals surface area contributed by atoms with Gasteiger partial charge in [-0.15, -0.1) is 0 Å². The smallest absolute Gasteiger partial charge is 0.242 e. The maximum absolute atomic E-state index is 13.1. The summed E-state index contributed by atoms with van der Waals surface area (Å²) in [6, 6.07) is 3.40. The summed E-state index contributed by atoms with van der Waals surface area (Å²) >= 11 is 0. The summed E-state index contributed by atoms with van der Waals surface area (Å²) in [5.74, 6) is 0.409. The third kappa shape index (κ3) is 5.64. The van der Waals surface area contributed by atoms with Crippen molar-refractivity contribution < 1.29 is 9.59 Å². The van der Waals surface area contributed by atoms with Gasteiger partial charge in [-0.3, -0.25) is 14.5 Å². The summed E-state index contributed by atoms with van der Waals surface area (Å²) in [7, 11) is 2.00. The number of fused-ring (bicyclic) bond motifs is 1. The van der Waals surface area contributed by atoms with Crippen molar-refractivity contribution in [1.82, 2.24) is 25.5 Å². The van der Waals surface area contributed by atoms with Crippen LogP contribution < -0.4 is 10.6 Å². The zero-order chi connectivity index (χ0) is 21.6. The van der Waals surface area contributed by atoms with E-state index < -0.39 is 6.04 Å². The molecular formula is C24H35N5O2. The predicted octanol–water partition coefficient (Wildman–Crippen LogP) is 3.12. The van der Waals surface area contributed by atoms with Gasteiger partial charge < -0.3 is 15.6 Å². The molecule has 0 unspecified atom stereocenters. The number of aromatic nitrogens is 2. The highest BCUT2D eigenvalue weighted by atomic mass is 16.2. The molecule has 31 heavy (non-hydrogen) atoms. The molecule has 0 bridgehead atoms. The Balaban J connectivity index is 1.40. The molecule has 2 aromatic heterocycles. The standard InChI is InChI=1S/C24H35N5O2/c1-29-12-6-5-9-21(29)24(31)28-20(14-17-7-3-2-4-8-17)23(30)27-16-18-13-19-10-11-25-22(19)26-15-18/h10-11,13,15,17,20-21H,2-9,12,14,16H2,1H3,(H,25,26)(H,27,30)(H,28,31)/t20-,21+/m0/s1. The number of rotatable bonds is 7. The van der Waals surface area contributed by atoms with Gasteiger partial charge in [0.05, 0.1) is 6.04 Å². The highest BCUT2D eigenvalue weighted by Gasteiger charge is 2.31. The SMILES string of the molecule is CN1CCCC[C@@H]1C(=O)N[C@@H](CC1CCCCC1)C(=O)NCc1cnc2[nH]ccc2c1. The van der Waals surface area contributed by atoms with Crippen LogP contribution in [0.3, 0.4) is 0 Å². The van der Waals surface area contributed by atoms with Gasteiger partial charge in [-0.1, -0.05) is 38.5 Å². The highest BCUT2D eigenvalue weighted by Crippen LogP contribution is 2.27. The number of likely N-dealkylation sites (N-methyl/N-ethyl adjacent to an activating group) is 1. The molecule has 2 amide bonds. The number of H-pyrrole nitrogens is 1. The summed E-state index contributed by atoms with van der Waals surface area (Å²) in [5, 5.41) is 7.19. The second-order valence-corrected chi connectivity index (χ2v) is 9.27. The van der Waals surface area contributed by atoms with Gasteiger partial charge in [-0.25, -0.2) is 4.98 Å². The van der Waals surface area contributed by atoms with E-state index in [1.54, 1.807) is 6.20 Å². The van der Waals surface area contributed by atoms with E-state index in [2.05, 4.69) is 25.5 Å². The van der Waals surface area contributed by atoms with Crippen LogP contribution in [0.2, 0.25) is 0 Å². The van der Waals surface area contributed by atoms with Crippen molar-refractivity contribution in [2.24, 2.45) is 5.92 Å². The van der Waals surface area contributed by atoms with Crippen LogP contribution in [-0.4, -0.2) is 52.4 Å². The van der Waals surface area contributed by atoms with Gasteiger partial charge in [0.1, 0.15) is 11.7 Å². The topological polar surface area (TPSA) is 90.1 Å². The molecule has 3 heterocycles. The second-order valence-electron chi connectivity index (χ2n) is 9.27. The summed E-state index contributed by atoms with van der Waals surface area (Å²) in [6.45, 7) is 1.35. The first-order chi connectivity index (χ1) is 15.1. The third-order valence-corrected chi connectivity index (χ3v) is 6.92. The lowest BCUT2D eigenvalue weighted by Gasteiger charge is -2.33. The number of likely N-dealkylation sites (tertiary alicyclic amines) is 1. The number of carbonyl (C=O) groups excluding carboxylic acids is 2. The first kappa shape index (κ1) is 21.8. The minimum atomic E-state index is -0.477. The molecule has 2 atom stereocenters. The van der Waals surface area contributed by atoms with E-state index in [9.17, 15) is 9.59 Å². The molecule has 1 aliphatic carbocycles. The van der Waals surface area contributed by atoms with Crippen molar-refractivity contribution in [2.45, 2.75) is 76.4 Å². The van der Waals surface area contributed by atoms with Crippen LogP contribution in [0.5, 0.6) is 0 Å². The monoisotopic (exact) mass is 425 g/mol. The molecule has 4 rings (SSSR count). The van der Waals surface area contributed by atoms with Crippen LogP contribution in [0.15, 0.2) is 24.5 Å². The van der Waals surface area contributed by atoms with Crippen molar-refractivity contribution >= 4 is 22.8 Å². The molecule has 1 saturated heterocycles. The fourth-order valence-electron chi connectivity index (χ4n) is 5.06. The van der Waals surface area contributed by atoms with Crippen LogP contribution in [0.25, 0.3) is 11.0 Å². The average molecular weight is 426 g/mol. The van der Waals surface area contributed by atoms with Crippen LogP contribution in [0.4, 0.5) is 0 Å². The summed E-state index contributed by atoms with van der Waals surface area (Å²) in [5.41, 5.74) is 1.80. The van der Waals surface area contributed by atoms with Gasteiger partial charge in [0.2, 0.25) is 11.8 Å². The van der Waals surface area contributed by atoms with E-state index in [1.165, 1.54) is 19.3 Å². The maximum atomic E-state index is 13.1. The largest absolute Gasteiger partial charge is 0.350 e. The highest BCUT2D eigenvalue weighted by molar-refractivity contribution is 5.89.